The maximum Gasteiger partial charge on any atom is 0.200 e. The van der Waals surface area contributed by atoms with Crippen LogP contribution in [0, 0.1) is 5.82 Å². The normalized spacial score (nSPS) is 17.3. The van der Waals surface area contributed by atoms with E-state index in [0.29, 0.717) is 41.0 Å². The van der Waals surface area contributed by atoms with Crippen LogP contribution in [-0.4, -0.2) is 25.3 Å². The lowest BCUT2D eigenvalue weighted by molar-refractivity contribution is -0.00468. The van der Waals surface area contributed by atoms with Gasteiger partial charge in [0.1, 0.15) is 11.1 Å². The molecule has 0 aliphatic heterocycles. The Kier molecular flexibility index (Phi) is 3.73. The number of aromatic amines is 1. The SMILES string of the molecule is OC1(c2cnc3c(-c4cccc(Cl)c4F)[nH]nc3n2)CCCCC1. The van der Waals surface area contributed by atoms with Gasteiger partial charge in [0.25, 0.3) is 0 Å². The van der Waals surface area contributed by atoms with Crippen molar-refractivity contribution in [3.8, 4) is 11.3 Å². The van der Waals surface area contributed by atoms with Gasteiger partial charge in [-0.05, 0) is 25.0 Å². The average molecular weight is 347 g/mol. The summed E-state index contributed by atoms with van der Waals surface area (Å²) >= 11 is 5.85. The molecule has 0 saturated heterocycles. The molecule has 2 heterocycles. The van der Waals surface area contributed by atoms with Gasteiger partial charge in [-0.15, -0.1) is 0 Å². The third kappa shape index (κ3) is 2.46. The van der Waals surface area contributed by atoms with Crippen molar-refractivity contribution in [3.05, 3.63) is 40.9 Å². The van der Waals surface area contributed by atoms with Crippen LogP contribution < -0.4 is 0 Å². The Balaban J connectivity index is 1.80. The summed E-state index contributed by atoms with van der Waals surface area (Å²) in [5, 5.41) is 17.7. The third-order valence-corrected chi connectivity index (χ3v) is 4.93. The van der Waals surface area contributed by atoms with Gasteiger partial charge in [-0.1, -0.05) is 36.9 Å². The second kappa shape index (κ2) is 5.79. The van der Waals surface area contributed by atoms with Crippen molar-refractivity contribution in [3.63, 3.8) is 0 Å². The Hall–Kier alpha value is -2.05. The first-order valence-electron chi connectivity index (χ1n) is 7.97. The van der Waals surface area contributed by atoms with E-state index in [0.717, 1.165) is 19.3 Å². The van der Waals surface area contributed by atoms with E-state index in [1.165, 1.54) is 6.07 Å². The summed E-state index contributed by atoms with van der Waals surface area (Å²) < 4.78 is 14.3. The van der Waals surface area contributed by atoms with Crippen molar-refractivity contribution in [2.75, 3.05) is 0 Å². The molecule has 0 amide bonds. The summed E-state index contributed by atoms with van der Waals surface area (Å²) in [6.07, 6.45) is 5.97. The number of nitrogens with one attached hydrogen (secondary N) is 1. The largest absolute Gasteiger partial charge is 0.383 e. The molecule has 1 aliphatic carbocycles. The Morgan fingerprint density at radius 2 is 2.00 bits per heavy atom. The van der Waals surface area contributed by atoms with Crippen LogP contribution in [0.1, 0.15) is 37.8 Å². The molecule has 0 atom stereocenters. The number of benzene rings is 1. The molecule has 7 heteroatoms. The van der Waals surface area contributed by atoms with Crippen LogP contribution in [0.3, 0.4) is 0 Å². The van der Waals surface area contributed by atoms with E-state index in [2.05, 4.69) is 20.2 Å². The minimum absolute atomic E-state index is 0.0383. The molecule has 1 aromatic carbocycles. The summed E-state index contributed by atoms with van der Waals surface area (Å²) in [6.45, 7) is 0. The van der Waals surface area contributed by atoms with Crippen molar-refractivity contribution in [2.24, 2.45) is 0 Å². The number of H-pyrrole nitrogens is 1. The highest BCUT2D eigenvalue weighted by atomic mass is 35.5. The van der Waals surface area contributed by atoms with Gasteiger partial charge in [0.2, 0.25) is 5.65 Å². The van der Waals surface area contributed by atoms with E-state index in [1.54, 1.807) is 18.3 Å². The standard InChI is InChI=1S/C17H16ClFN4O/c18-11-6-4-5-10(13(11)19)14-15-16(23-22-14)21-12(9-20-15)17(24)7-2-1-3-8-17/h4-6,9,24H,1-3,7-8H2,(H,21,22,23). The quantitative estimate of drug-likeness (QED) is 0.736. The van der Waals surface area contributed by atoms with Gasteiger partial charge in [0.15, 0.2) is 5.82 Å². The van der Waals surface area contributed by atoms with Crippen molar-refractivity contribution in [2.45, 2.75) is 37.7 Å². The van der Waals surface area contributed by atoms with Crippen LogP contribution in [-0.2, 0) is 5.60 Å². The first-order valence-corrected chi connectivity index (χ1v) is 8.35. The first kappa shape index (κ1) is 15.5. The summed E-state index contributed by atoms with van der Waals surface area (Å²) in [6, 6.07) is 4.76. The van der Waals surface area contributed by atoms with E-state index in [9.17, 15) is 9.50 Å². The van der Waals surface area contributed by atoms with Crippen LogP contribution in [0.25, 0.3) is 22.4 Å². The van der Waals surface area contributed by atoms with Crippen molar-refractivity contribution < 1.29 is 9.50 Å². The lowest BCUT2D eigenvalue weighted by Crippen LogP contribution is -2.29. The van der Waals surface area contributed by atoms with E-state index in [1.807, 2.05) is 0 Å². The number of hydrogen-bond acceptors (Lipinski definition) is 4. The van der Waals surface area contributed by atoms with Gasteiger partial charge in [-0.3, -0.25) is 5.10 Å². The smallest absolute Gasteiger partial charge is 0.200 e. The number of fused-ring (bicyclic) bond motifs is 1. The highest BCUT2D eigenvalue weighted by Crippen LogP contribution is 2.37. The van der Waals surface area contributed by atoms with Gasteiger partial charge < -0.3 is 5.11 Å². The molecule has 0 bridgehead atoms. The third-order valence-electron chi connectivity index (χ3n) is 4.64. The van der Waals surface area contributed by atoms with Crippen molar-refractivity contribution in [1.29, 1.82) is 0 Å². The van der Waals surface area contributed by atoms with Crippen molar-refractivity contribution >= 4 is 22.8 Å². The lowest BCUT2D eigenvalue weighted by Gasteiger charge is -2.30. The highest BCUT2D eigenvalue weighted by molar-refractivity contribution is 6.31. The van der Waals surface area contributed by atoms with Crippen molar-refractivity contribution in [1.82, 2.24) is 20.2 Å². The molecule has 1 saturated carbocycles. The number of aromatic nitrogens is 4. The van der Waals surface area contributed by atoms with E-state index < -0.39 is 11.4 Å². The number of rotatable bonds is 2. The fourth-order valence-corrected chi connectivity index (χ4v) is 3.47. The average Bonchev–Trinajstić information content (AvgIpc) is 3.01. The molecule has 5 nitrogen and oxygen atoms in total. The molecule has 1 fully saturated rings. The fourth-order valence-electron chi connectivity index (χ4n) is 3.30. The summed E-state index contributed by atoms with van der Waals surface area (Å²) in [4.78, 5) is 8.84. The minimum atomic E-state index is -0.945. The molecule has 2 aromatic heterocycles. The number of aliphatic hydroxyl groups is 1. The maximum atomic E-state index is 14.3. The molecule has 0 radical (unpaired) electrons. The first-order chi connectivity index (χ1) is 11.6. The van der Waals surface area contributed by atoms with Gasteiger partial charge >= 0.3 is 0 Å². The van der Waals surface area contributed by atoms with Gasteiger partial charge in [0, 0.05) is 5.56 Å². The zero-order valence-corrected chi connectivity index (χ0v) is 13.6. The molecular formula is C17H16ClFN4O. The molecule has 0 spiro atoms. The molecule has 0 unspecified atom stereocenters. The monoisotopic (exact) mass is 346 g/mol. The molecule has 24 heavy (non-hydrogen) atoms. The predicted molar refractivity (Wildman–Crippen MR) is 89.1 cm³/mol. The highest BCUT2D eigenvalue weighted by Gasteiger charge is 2.33. The van der Waals surface area contributed by atoms with Crippen LogP contribution >= 0.6 is 11.6 Å². The molecule has 3 aromatic rings. The van der Waals surface area contributed by atoms with Gasteiger partial charge in [0.05, 0.1) is 22.6 Å². The second-order valence-electron chi connectivity index (χ2n) is 6.22. The maximum absolute atomic E-state index is 14.3. The minimum Gasteiger partial charge on any atom is -0.383 e. The number of hydrogen-bond donors (Lipinski definition) is 2. The topological polar surface area (TPSA) is 74.7 Å². The molecule has 124 valence electrons. The number of nitrogens with zero attached hydrogens (tertiary/aromatic N) is 3. The lowest BCUT2D eigenvalue weighted by atomic mass is 9.82. The zero-order chi connectivity index (χ0) is 16.7. The van der Waals surface area contributed by atoms with Crippen LogP contribution in [0.5, 0.6) is 0 Å². The van der Waals surface area contributed by atoms with Crippen LogP contribution in [0.15, 0.2) is 24.4 Å². The summed E-state index contributed by atoms with van der Waals surface area (Å²) in [7, 11) is 0. The Bertz CT molecular complexity index is 905. The molecule has 1 aliphatic rings. The van der Waals surface area contributed by atoms with Gasteiger partial charge in [-0.2, -0.15) is 5.10 Å². The number of halogens is 2. The summed E-state index contributed by atoms with van der Waals surface area (Å²) in [5.41, 5.74) is 1.13. The van der Waals surface area contributed by atoms with E-state index >= 15 is 0 Å². The fraction of sp³-hybridized carbons (Fsp3) is 0.353. The second-order valence-corrected chi connectivity index (χ2v) is 6.63. The van der Waals surface area contributed by atoms with Crippen LogP contribution in [0.4, 0.5) is 4.39 Å². The van der Waals surface area contributed by atoms with E-state index in [4.69, 9.17) is 11.6 Å². The molecule has 2 N–H and O–H groups in total. The Morgan fingerprint density at radius 1 is 1.21 bits per heavy atom. The summed E-state index contributed by atoms with van der Waals surface area (Å²) in [5.74, 6) is -0.526. The van der Waals surface area contributed by atoms with Crippen LogP contribution in [0.2, 0.25) is 5.02 Å². The molecular weight excluding hydrogens is 331 g/mol. The van der Waals surface area contributed by atoms with Gasteiger partial charge in [-0.25, -0.2) is 14.4 Å². The molecule has 4 rings (SSSR count). The zero-order valence-electron chi connectivity index (χ0n) is 12.9. The Morgan fingerprint density at radius 3 is 2.79 bits per heavy atom. The predicted octanol–water partition coefficient (Wildman–Crippen LogP) is 3.96. The van der Waals surface area contributed by atoms with E-state index in [-0.39, 0.29) is 5.02 Å². The Labute approximate surface area is 142 Å².